The molecule has 1 aliphatic rings. The molecule has 24 heavy (non-hydrogen) atoms. The Morgan fingerprint density at radius 1 is 1.04 bits per heavy atom. The van der Waals surface area contributed by atoms with Gasteiger partial charge in [-0.2, -0.15) is 0 Å². The molecule has 1 heterocycles. The predicted molar refractivity (Wildman–Crippen MR) is 89.9 cm³/mol. The number of amides is 2. The molecule has 124 valence electrons. The molecule has 0 radical (unpaired) electrons. The third-order valence-electron chi connectivity index (χ3n) is 3.36. The maximum Gasteiger partial charge on any atom is 0.269 e. The number of hydrazine groups is 1. The number of benzene rings is 2. The lowest BCUT2D eigenvalue weighted by Crippen LogP contribution is -2.44. The Bertz CT molecular complexity index is 752. The van der Waals surface area contributed by atoms with Crippen molar-refractivity contribution in [3.05, 3.63) is 54.1 Å². The van der Waals surface area contributed by atoms with Gasteiger partial charge in [-0.05, 0) is 37.3 Å². The summed E-state index contributed by atoms with van der Waals surface area (Å²) >= 11 is 1.42. The summed E-state index contributed by atoms with van der Waals surface area (Å²) in [6.07, 6.45) is 0. The van der Waals surface area contributed by atoms with Gasteiger partial charge >= 0.3 is 0 Å². The molecular formula is C17H16N2O4S. The molecule has 0 fully saturated rings. The summed E-state index contributed by atoms with van der Waals surface area (Å²) in [5, 5.41) is -0.343. The molecule has 0 bridgehead atoms. The van der Waals surface area contributed by atoms with Crippen molar-refractivity contribution in [2.24, 2.45) is 0 Å². The summed E-state index contributed by atoms with van der Waals surface area (Å²) in [5.41, 5.74) is 5.22. The second kappa shape index (κ2) is 7.27. The highest BCUT2D eigenvalue weighted by Crippen LogP contribution is 2.32. The molecule has 2 aromatic rings. The fraction of sp³-hybridized carbons (Fsp3) is 0.176. The average molecular weight is 344 g/mol. The van der Waals surface area contributed by atoms with Crippen LogP contribution in [0.5, 0.6) is 11.5 Å². The van der Waals surface area contributed by atoms with E-state index in [0.717, 1.165) is 4.90 Å². The van der Waals surface area contributed by atoms with E-state index in [1.165, 1.54) is 11.8 Å². The van der Waals surface area contributed by atoms with Crippen LogP contribution in [-0.2, 0) is 4.79 Å². The van der Waals surface area contributed by atoms with E-state index in [1.54, 1.807) is 25.1 Å². The maximum absolute atomic E-state index is 12.1. The lowest BCUT2D eigenvalue weighted by atomic mass is 10.2. The van der Waals surface area contributed by atoms with E-state index in [9.17, 15) is 9.59 Å². The molecule has 1 atom stereocenters. The number of ether oxygens (including phenoxy) is 2. The van der Waals surface area contributed by atoms with Gasteiger partial charge in [0.05, 0.1) is 5.25 Å². The first kappa shape index (κ1) is 16.2. The van der Waals surface area contributed by atoms with Gasteiger partial charge in [-0.1, -0.05) is 18.2 Å². The Morgan fingerprint density at radius 3 is 2.58 bits per heavy atom. The molecule has 3 rings (SSSR count). The van der Waals surface area contributed by atoms with Crippen LogP contribution in [0.4, 0.5) is 0 Å². The number of carbonyl (C=O) groups excluding carboxylic acids is 2. The normalized spacial score (nSPS) is 13.2. The monoisotopic (exact) mass is 344 g/mol. The molecule has 6 nitrogen and oxygen atoms in total. The van der Waals surface area contributed by atoms with E-state index in [0.29, 0.717) is 17.1 Å². The molecule has 2 N–H and O–H groups in total. The van der Waals surface area contributed by atoms with E-state index in [1.807, 2.05) is 30.3 Å². The zero-order valence-corrected chi connectivity index (χ0v) is 13.8. The largest absolute Gasteiger partial charge is 0.454 e. The Kier molecular flexibility index (Phi) is 4.90. The van der Waals surface area contributed by atoms with Crippen LogP contribution >= 0.6 is 11.8 Å². The highest BCUT2D eigenvalue weighted by molar-refractivity contribution is 8.00. The number of thioether (sulfide) groups is 1. The highest BCUT2D eigenvalue weighted by Gasteiger charge is 2.18. The molecule has 0 aromatic heterocycles. The first-order valence-electron chi connectivity index (χ1n) is 7.35. The minimum Gasteiger partial charge on any atom is -0.454 e. The van der Waals surface area contributed by atoms with E-state index in [-0.39, 0.29) is 18.0 Å². The smallest absolute Gasteiger partial charge is 0.269 e. The van der Waals surface area contributed by atoms with Crippen molar-refractivity contribution >= 4 is 23.6 Å². The van der Waals surface area contributed by atoms with Crippen molar-refractivity contribution < 1.29 is 19.1 Å². The number of rotatable bonds is 4. The van der Waals surface area contributed by atoms with Gasteiger partial charge in [0, 0.05) is 10.5 Å². The summed E-state index contributed by atoms with van der Waals surface area (Å²) < 4.78 is 10.4. The lowest BCUT2D eigenvalue weighted by molar-refractivity contribution is -0.121. The highest BCUT2D eigenvalue weighted by atomic mass is 32.2. The van der Waals surface area contributed by atoms with Gasteiger partial charge in [0.15, 0.2) is 11.5 Å². The molecule has 0 spiro atoms. The van der Waals surface area contributed by atoms with Crippen LogP contribution in [0.1, 0.15) is 17.3 Å². The van der Waals surface area contributed by atoms with Crippen molar-refractivity contribution in [2.75, 3.05) is 6.79 Å². The second-order valence-corrected chi connectivity index (χ2v) is 6.50. The van der Waals surface area contributed by atoms with E-state index in [4.69, 9.17) is 9.47 Å². The van der Waals surface area contributed by atoms with Crippen molar-refractivity contribution in [1.29, 1.82) is 0 Å². The van der Waals surface area contributed by atoms with Gasteiger partial charge in [-0.3, -0.25) is 20.4 Å². The van der Waals surface area contributed by atoms with Crippen LogP contribution in [-0.4, -0.2) is 23.9 Å². The van der Waals surface area contributed by atoms with E-state index in [2.05, 4.69) is 10.9 Å². The van der Waals surface area contributed by atoms with Crippen LogP contribution in [0.3, 0.4) is 0 Å². The topological polar surface area (TPSA) is 76.7 Å². The number of nitrogens with one attached hydrogen (secondary N) is 2. The van der Waals surface area contributed by atoms with Crippen LogP contribution in [0, 0.1) is 0 Å². The Hall–Kier alpha value is -2.67. The number of hydrogen-bond acceptors (Lipinski definition) is 5. The van der Waals surface area contributed by atoms with E-state index < -0.39 is 5.91 Å². The van der Waals surface area contributed by atoms with Crippen molar-refractivity contribution in [3.63, 3.8) is 0 Å². The minimum absolute atomic E-state index is 0.144. The van der Waals surface area contributed by atoms with E-state index >= 15 is 0 Å². The quantitative estimate of drug-likeness (QED) is 0.658. The molecule has 7 heteroatoms. The fourth-order valence-electron chi connectivity index (χ4n) is 2.09. The summed E-state index contributed by atoms with van der Waals surface area (Å²) in [4.78, 5) is 25.2. The van der Waals surface area contributed by atoms with Crippen LogP contribution < -0.4 is 20.3 Å². The van der Waals surface area contributed by atoms with Crippen molar-refractivity contribution in [2.45, 2.75) is 17.1 Å². The second-order valence-electron chi connectivity index (χ2n) is 5.08. The first-order chi connectivity index (χ1) is 11.6. The summed E-state index contributed by atoms with van der Waals surface area (Å²) in [6, 6.07) is 14.4. The zero-order valence-electron chi connectivity index (χ0n) is 12.9. The predicted octanol–water partition coefficient (Wildman–Crippen LogP) is 2.36. The Labute approximate surface area is 143 Å². The van der Waals surface area contributed by atoms with Gasteiger partial charge in [0.1, 0.15) is 0 Å². The third kappa shape index (κ3) is 3.80. The molecule has 1 aliphatic heterocycles. The zero-order chi connectivity index (χ0) is 16.9. The molecule has 0 aliphatic carbocycles. The standard InChI is InChI=1S/C17H16N2O4S/c1-11(24-13-5-3-2-4-6-13)16(20)18-19-17(21)12-7-8-14-15(9-12)23-10-22-14/h2-9,11H,10H2,1H3,(H,18,20)(H,19,21). The van der Waals surface area contributed by atoms with Gasteiger partial charge in [0.25, 0.3) is 11.8 Å². The van der Waals surface area contributed by atoms with Gasteiger partial charge in [-0.15, -0.1) is 11.8 Å². The van der Waals surface area contributed by atoms with Gasteiger partial charge in [0.2, 0.25) is 6.79 Å². The van der Waals surface area contributed by atoms with Crippen LogP contribution in [0.2, 0.25) is 0 Å². The van der Waals surface area contributed by atoms with Gasteiger partial charge in [-0.25, -0.2) is 0 Å². The number of fused-ring (bicyclic) bond motifs is 1. The van der Waals surface area contributed by atoms with Gasteiger partial charge < -0.3 is 9.47 Å². The third-order valence-corrected chi connectivity index (χ3v) is 4.47. The fourth-order valence-corrected chi connectivity index (χ4v) is 2.98. The summed E-state index contributed by atoms with van der Waals surface area (Å²) in [5.74, 6) is 0.418. The summed E-state index contributed by atoms with van der Waals surface area (Å²) in [7, 11) is 0. The van der Waals surface area contributed by atoms with Crippen LogP contribution in [0.25, 0.3) is 0 Å². The SMILES string of the molecule is CC(Sc1ccccc1)C(=O)NNC(=O)c1ccc2c(c1)OCO2. The average Bonchev–Trinajstić information content (AvgIpc) is 3.07. The molecule has 2 aromatic carbocycles. The van der Waals surface area contributed by atoms with Crippen molar-refractivity contribution in [1.82, 2.24) is 10.9 Å². The van der Waals surface area contributed by atoms with Crippen LogP contribution in [0.15, 0.2) is 53.4 Å². The Morgan fingerprint density at radius 2 is 1.79 bits per heavy atom. The minimum atomic E-state index is -0.418. The molecule has 1 unspecified atom stereocenters. The number of hydrogen-bond donors (Lipinski definition) is 2. The molecule has 2 amide bonds. The molecule has 0 saturated heterocycles. The Balaban J connectivity index is 1.53. The number of carbonyl (C=O) groups is 2. The molecule has 0 saturated carbocycles. The maximum atomic E-state index is 12.1. The molecular weight excluding hydrogens is 328 g/mol. The lowest BCUT2D eigenvalue weighted by Gasteiger charge is -2.13. The summed E-state index contributed by atoms with van der Waals surface area (Å²) in [6.45, 7) is 1.92. The first-order valence-corrected chi connectivity index (χ1v) is 8.23. The van der Waals surface area contributed by atoms with Crippen molar-refractivity contribution in [3.8, 4) is 11.5 Å².